The Morgan fingerprint density at radius 1 is 1.12 bits per heavy atom. The highest BCUT2D eigenvalue weighted by molar-refractivity contribution is 5.95. The molecule has 170 valence electrons. The highest BCUT2D eigenvalue weighted by Crippen LogP contribution is 2.34. The van der Waals surface area contributed by atoms with E-state index >= 15 is 0 Å². The van der Waals surface area contributed by atoms with Crippen LogP contribution in [0.3, 0.4) is 0 Å². The van der Waals surface area contributed by atoms with Crippen LogP contribution < -0.4 is 4.90 Å². The van der Waals surface area contributed by atoms with Crippen molar-refractivity contribution >= 4 is 11.7 Å². The third-order valence-corrected chi connectivity index (χ3v) is 7.17. The van der Waals surface area contributed by atoms with Gasteiger partial charge in [-0.15, -0.1) is 0 Å². The molecule has 2 aromatic rings. The summed E-state index contributed by atoms with van der Waals surface area (Å²) in [5, 5.41) is 0. The van der Waals surface area contributed by atoms with Crippen LogP contribution in [0.5, 0.6) is 0 Å². The number of aryl methyl sites for hydroxylation is 1. The minimum absolute atomic E-state index is 0.00252. The SMILES string of the molecule is Cc1nc([C@@H]2CCCN(C3CCOCC3)C2)nc2c1CCC(=O)N2Cc1ccccc1F. The normalized spacial score (nSPS) is 22.8. The monoisotopic (exact) mass is 438 g/mol. The summed E-state index contributed by atoms with van der Waals surface area (Å²) in [4.78, 5) is 26.9. The summed E-state index contributed by atoms with van der Waals surface area (Å²) in [6, 6.07) is 7.22. The van der Waals surface area contributed by atoms with Crippen molar-refractivity contribution in [2.45, 2.75) is 64.0 Å². The van der Waals surface area contributed by atoms with Crippen molar-refractivity contribution < 1.29 is 13.9 Å². The van der Waals surface area contributed by atoms with Crippen molar-refractivity contribution in [3.8, 4) is 0 Å². The van der Waals surface area contributed by atoms with Crippen LogP contribution in [0.1, 0.15) is 60.7 Å². The Morgan fingerprint density at radius 2 is 1.94 bits per heavy atom. The smallest absolute Gasteiger partial charge is 0.228 e. The van der Waals surface area contributed by atoms with Crippen molar-refractivity contribution in [3.63, 3.8) is 0 Å². The molecule has 0 N–H and O–H groups in total. The molecule has 1 atom stereocenters. The highest BCUT2D eigenvalue weighted by atomic mass is 19.1. The number of fused-ring (bicyclic) bond motifs is 1. The van der Waals surface area contributed by atoms with Gasteiger partial charge >= 0.3 is 0 Å². The zero-order valence-electron chi connectivity index (χ0n) is 18.7. The lowest BCUT2D eigenvalue weighted by molar-refractivity contribution is -0.119. The number of hydrogen-bond donors (Lipinski definition) is 0. The minimum Gasteiger partial charge on any atom is -0.381 e. The van der Waals surface area contributed by atoms with Crippen molar-refractivity contribution in [1.29, 1.82) is 0 Å². The molecule has 2 saturated heterocycles. The van der Waals surface area contributed by atoms with Gasteiger partial charge in [0.15, 0.2) is 0 Å². The highest BCUT2D eigenvalue weighted by Gasteiger charge is 2.33. The third-order valence-electron chi connectivity index (χ3n) is 7.17. The van der Waals surface area contributed by atoms with Gasteiger partial charge in [-0.05, 0) is 51.6 Å². The van der Waals surface area contributed by atoms with Crippen LogP contribution in [-0.4, -0.2) is 53.1 Å². The van der Waals surface area contributed by atoms with E-state index in [0.29, 0.717) is 30.3 Å². The van der Waals surface area contributed by atoms with Gasteiger partial charge in [-0.1, -0.05) is 18.2 Å². The average molecular weight is 439 g/mol. The molecule has 4 heterocycles. The summed E-state index contributed by atoms with van der Waals surface area (Å²) >= 11 is 0. The van der Waals surface area contributed by atoms with E-state index in [2.05, 4.69) is 4.90 Å². The van der Waals surface area contributed by atoms with E-state index in [0.717, 1.165) is 69.1 Å². The van der Waals surface area contributed by atoms with Crippen LogP contribution in [0.2, 0.25) is 0 Å². The number of carbonyl (C=O) groups excluding carboxylic acids is 1. The summed E-state index contributed by atoms with van der Waals surface area (Å²) in [5.74, 6) is 1.46. The number of halogens is 1. The Hall–Kier alpha value is -2.38. The predicted octanol–water partition coefficient (Wildman–Crippen LogP) is 3.76. The number of hydrogen-bond acceptors (Lipinski definition) is 5. The van der Waals surface area contributed by atoms with Gasteiger partial charge in [-0.25, -0.2) is 14.4 Å². The van der Waals surface area contributed by atoms with Crippen molar-refractivity contribution in [3.05, 3.63) is 52.7 Å². The van der Waals surface area contributed by atoms with Gasteiger partial charge < -0.3 is 4.74 Å². The average Bonchev–Trinajstić information content (AvgIpc) is 2.82. The second-order valence-electron chi connectivity index (χ2n) is 9.22. The zero-order valence-corrected chi connectivity index (χ0v) is 18.7. The van der Waals surface area contributed by atoms with Gasteiger partial charge in [-0.2, -0.15) is 0 Å². The first kappa shape index (κ1) is 21.5. The molecule has 0 bridgehead atoms. The number of carbonyl (C=O) groups is 1. The predicted molar refractivity (Wildman–Crippen MR) is 120 cm³/mol. The first-order valence-corrected chi connectivity index (χ1v) is 11.8. The number of nitrogens with zero attached hydrogens (tertiary/aromatic N) is 4. The molecule has 32 heavy (non-hydrogen) atoms. The summed E-state index contributed by atoms with van der Waals surface area (Å²) in [6.07, 6.45) is 5.40. The molecule has 6 nitrogen and oxygen atoms in total. The Labute approximate surface area is 188 Å². The van der Waals surface area contributed by atoms with Gasteiger partial charge in [0, 0.05) is 55.0 Å². The van der Waals surface area contributed by atoms with Crippen molar-refractivity contribution in [2.75, 3.05) is 31.2 Å². The molecule has 0 spiro atoms. The van der Waals surface area contributed by atoms with Crippen molar-refractivity contribution in [1.82, 2.24) is 14.9 Å². The lowest BCUT2D eigenvalue weighted by atomic mass is 9.93. The van der Waals surface area contributed by atoms with Gasteiger partial charge in [0.25, 0.3) is 0 Å². The van der Waals surface area contributed by atoms with E-state index in [1.54, 1.807) is 23.1 Å². The number of amides is 1. The maximum atomic E-state index is 14.3. The number of likely N-dealkylation sites (tertiary alicyclic amines) is 1. The lowest BCUT2D eigenvalue weighted by Gasteiger charge is -2.39. The first-order chi connectivity index (χ1) is 15.6. The molecule has 0 saturated carbocycles. The summed E-state index contributed by atoms with van der Waals surface area (Å²) in [5.41, 5.74) is 2.47. The van der Waals surface area contributed by atoms with E-state index in [9.17, 15) is 9.18 Å². The lowest BCUT2D eigenvalue weighted by Crippen LogP contribution is -2.45. The Bertz CT molecular complexity index is 992. The minimum atomic E-state index is -0.294. The van der Waals surface area contributed by atoms with Crippen LogP contribution in [0.25, 0.3) is 0 Å². The summed E-state index contributed by atoms with van der Waals surface area (Å²) in [7, 11) is 0. The quantitative estimate of drug-likeness (QED) is 0.728. The van der Waals surface area contributed by atoms with Crippen LogP contribution in [0.4, 0.5) is 10.2 Å². The third kappa shape index (κ3) is 4.28. The van der Waals surface area contributed by atoms with E-state index in [4.69, 9.17) is 14.7 Å². The van der Waals surface area contributed by atoms with Crippen LogP contribution in [0.15, 0.2) is 24.3 Å². The largest absolute Gasteiger partial charge is 0.381 e. The fourth-order valence-corrected chi connectivity index (χ4v) is 5.34. The molecular formula is C25H31FN4O2. The second kappa shape index (κ2) is 9.24. The molecular weight excluding hydrogens is 407 g/mol. The molecule has 7 heteroatoms. The Balaban J connectivity index is 1.43. The molecule has 3 aliphatic heterocycles. The molecule has 1 amide bonds. The molecule has 3 aliphatic rings. The van der Waals surface area contributed by atoms with E-state index in [1.165, 1.54) is 6.07 Å². The fraction of sp³-hybridized carbons (Fsp3) is 0.560. The molecule has 5 rings (SSSR count). The maximum Gasteiger partial charge on any atom is 0.228 e. The number of rotatable bonds is 4. The number of anilines is 1. The standard InChI is InChI=1S/C25H31FN4O2/c1-17-21-8-9-23(31)30(16-18-5-2-3-7-22(18)26)25(21)28-24(27-17)19-6-4-12-29(15-19)20-10-13-32-14-11-20/h2-3,5,7,19-20H,4,6,8-16H2,1H3/t19-/m1/s1. The molecule has 1 aromatic heterocycles. The number of benzene rings is 1. The van der Waals surface area contributed by atoms with Crippen LogP contribution in [-0.2, 0) is 22.5 Å². The molecule has 1 aromatic carbocycles. The number of piperidine rings is 1. The Morgan fingerprint density at radius 3 is 2.75 bits per heavy atom. The van der Waals surface area contributed by atoms with Gasteiger partial charge in [0.05, 0.1) is 6.54 Å². The molecule has 0 unspecified atom stereocenters. The van der Waals surface area contributed by atoms with E-state index in [-0.39, 0.29) is 24.2 Å². The molecule has 0 radical (unpaired) electrons. The second-order valence-corrected chi connectivity index (χ2v) is 9.22. The summed E-state index contributed by atoms with van der Waals surface area (Å²) in [6.45, 7) is 5.96. The fourth-order valence-electron chi connectivity index (χ4n) is 5.34. The van der Waals surface area contributed by atoms with Crippen molar-refractivity contribution in [2.24, 2.45) is 0 Å². The number of ether oxygens (including phenoxy) is 1. The summed E-state index contributed by atoms with van der Waals surface area (Å²) < 4.78 is 19.9. The van der Waals surface area contributed by atoms with Gasteiger partial charge in [0.2, 0.25) is 5.91 Å². The maximum absolute atomic E-state index is 14.3. The first-order valence-electron chi connectivity index (χ1n) is 11.8. The van der Waals surface area contributed by atoms with Crippen LogP contribution >= 0.6 is 0 Å². The Kier molecular flexibility index (Phi) is 6.20. The van der Waals surface area contributed by atoms with E-state index in [1.807, 2.05) is 6.92 Å². The topological polar surface area (TPSA) is 58.6 Å². The van der Waals surface area contributed by atoms with E-state index < -0.39 is 0 Å². The van der Waals surface area contributed by atoms with Gasteiger partial charge in [0.1, 0.15) is 17.5 Å². The van der Waals surface area contributed by atoms with Gasteiger partial charge in [-0.3, -0.25) is 14.6 Å². The zero-order chi connectivity index (χ0) is 22.1. The molecule has 0 aliphatic carbocycles. The molecule has 2 fully saturated rings. The number of aromatic nitrogens is 2. The van der Waals surface area contributed by atoms with Crippen LogP contribution in [0, 0.1) is 12.7 Å².